The fourth-order valence-electron chi connectivity index (χ4n) is 1.87. The van der Waals surface area contributed by atoms with Gasteiger partial charge in [0.1, 0.15) is 12.9 Å². The van der Waals surface area contributed by atoms with Crippen molar-refractivity contribution in [2.45, 2.75) is 20.0 Å². The topological polar surface area (TPSA) is 63.7 Å². The van der Waals surface area contributed by atoms with Gasteiger partial charge in [-0.2, -0.15) is 4.98 Å². The summed E-state index contributed by atoms with van der Waals surface area (Å²) >= 11 is 0. The van der Waals surface area contributed by atoms with Gasteiger partial charge in [-0.05, 0) is 17.5 Å². The number of nitrogens with one attached hydrogen (secondary N) is 1. The minimum absolute atomic E-state index is 0.475. The van der Waals surface area contributed by atoms with Gasteiger partial charge in [0.2, 0.25) is 5.88 Å². The van der Waals surface area contributed by atoms with E-state index < -0.39 is 0 Å². The van der Waals surface area contributed by atoms with Crippen LogP contribution in [0.4, 0.5) is 0 Å². The summed E-state index contributed by atoms with van der Waals surface area (Å²) in [4.78, 5) is 15.3. The van der Waals surface area contributed by atoms with E-state index in [4.69, 9.17) is 4.74 Å². The predicted octanol–water partition coefficient (Wildman–Crippen LogP) is 2.49. The summed E-state index contributed by atoms with van der Waals surface area (Å²) in [6, 6.07) is 8.37. The third-order valence-electron chi connectivity index (χ3n) is 2.99. The number of hydrogen-bond acceptors (Lipinski definition) is 4. The van der Waals surface area contributed by atoms with Gasteiger partial charge in [-0.1, -0.05) is 31.2 Å². The van der Waals surface area contributed by atoms with E-state index in [-0.39, 0.29) is 0 Å². The summed E-state index contributed by atoms with van der Waals surface area (Å²) in [7, 11) is 0. The molecule has 0 saturated heterocycles. The quantitative estimate of drug-likeness (QED) is 0.777. The largest absolute Gasteiger partial charge is 0.471 e. The number of aromatic amines is 1. The molecule has 2 aromatic heterocycles. The average Bonchev–Trinajstić information content (AvgIpc) is 2.94. The third-order valence-corrected chi connectivity index (χ3v) is 2.99. The van der Waals surface area contributed by atoms with Crippen molar-refractivity contribution in [3.63, 3.8) is 0 Å². The molecule has 0 radical (unpaired) electrons. The van der Waals surface area contributed by atoms with E-state index >= 15 is 0 Å². The van der Waals surface area contributed by atoms with Crippen LogP contribution >= 0.6 is 0 Å². The maximum absolute atomic E-state index is 5.70. The molecule has 1 N–H and O–H groups in total. The molecule has 5 nitrogen and oxygen atoms in total. The van der Waals surface area contributed by atoms with Crippen LogP contribution in [0.1, 0.15) is 18.1 Å². The molecule has 0 amide bonds. The molecule has 3 rings (SSSR count). The molecule has 2 heterocycles. The van der Waals surface area contributed by atoms with Crippen molar-refractivity contribution in [2.24, 2.45) is 0 Å². The molecule has 1 aromatic carbocycles. The number of benzene rings is 1. The molecule has 0 saturated carbocycles. The molecule has 3 aromatic rings. The summed E-state index contributed by atoms with van der Waals surface area (Å²) in [5.41, 5.74) is 3.78. The normalized spacial score (nSPS) is 10.8. The van der Waals surface area contributed by atoms with E-state index in [2.05, 4.69) is 51.1 Å². The van der Waals surface area contributed by atoms with Gasteiger partial charge in [-0.25, -0.2) is 9.97 Å². The predicted molar refractivity (Wildman–Crippen MR) is 71.8 cm³/mol. The highest BCUT2D eigenvalue weighted by Gasteiger charge is 2.07. The lowest BCUT2D eigenvalue weighted by atomic mass is 10.1. The lowest BCUT2D eigenvalue weighted by Crippen LogP contribution is -1.98. The number of aromatic nitrogens is 4. The van der Waals surface area contributed by atoms with Crippen molar-refractivity contribution in [1.82, 2.24) is 19.9 Å². The smallest absolute Gasteiger partial charge is 0.245 e. The van der Waals surface area contributed by atoms with Crippen LogP contribution in [-0.4, -0.2) is 19.9 Å². The van der Waals surface area contributed by atoms with Gasteiger partial charge >= 0.3 is 0 Å². The minimum atomic E-state index is 0.475. The van der Waals surface area contributed by atoms with Crippen molar-refractivity contribution in [1.29, 1.82) is 0 Å². The Bertz CT molecular complexity index is 675. The van der Waals surface area contributed by atoms with Gasteiger partial charge in [0.05, 0.1) is 6.33 Å². The lowest BCUT2D eigenvalue weighted by Gasteiger charge is -2.06. The van der Waals surface area contributed by atoms with Gasteiger partial charge in [0.25, 0.3) is 0 Å². The molecule has 0 aliphatic carbocycles. The Balaban J connectivity index is 1.76. The first-order valence-corrected chi connectivity index (χ1v) is 6.21. The van der Waals surface area contributed by atoms with Crippen LogP contribution in [0.15, 0.2) is 36.9 Å². The van der Waals surface area contributed by atoms with Crippen molar-refractivity contribution in [3.05, 3.63) is 48.0 Å². The van der Waals surface area contributed by atoms with Crippen LogP contribution < -0.4 is 4.74 Å². The average molecular weight is 254 g/mol. The third kappa shape index (κ3) is 2.40. The lowest BCUT2D eigenvalue weighted by molar-refractivity contribution is 0.297. The molecule has 5 heteroatoms. The van der Waals surface area contributed by atoms with Gasteiger partial charge in [-0.3, -0.25) is 0 Å². The molecule has 19 heavy (non-hydrogen) atoms. The summed E-state index contributed by atoms with van der Waals surface area (Å²) in [5, 5.41) is 0. The zero-order valence-electron chi connectivity index (χ0n) is 10.6. The number of ether oxygens (including phenoxy) is 1. The van der Waals surface area contributed by atoms with Gasteiger partial charge < -0.3 is 9.72 Å². The highest BCUT2D eigenvalue weighted by Crippen LogP contribution is 2.18. The van der Waals surface area contributed by atoms with Crippen molar-refractivity contribution < 1.29 is 4.74 Å². The number of nitrogens with zero attached hydrogens (tertiary/aromatic N) is 3. The van der Waals surface area contributed by atoms with E-state index in [1.54, 1.807) is 6.33 Å². The second-order valence-electron chi connectivity index (χ2n) is 4.24. The van der Waals surface area contributed by atoms with Crippen LogP contribution in [0.25, 0.3) is 11.2 Å². The molecule has 0 aliphatic rings. The number of aryl methyl sites for hydroxylation is 1. The molecule has 0 atom stereocenters. The molecular formula is C14H14N4O. The molecule has 96 valence electrons. The standard InChI is InChI=1S/C14H14N4O/c1-2-10-3-5-11(6-4-10)7-19-14-12-13(16-8-15-12)17-9-18-14/h3-6,8-9H,2,7H2,1H3,(H,15,16,17,18). The SMILES string of the molecule is CCc1ccc(COc2ncnc3[nH]cnc23)cc1. The van der Waals surface area contributed by atoms with Crippen molar-refractivity contribution >= 4 is 11.2 Å². The molecule has 0 aliphatic heterocycles. The van der Waals surface area contributed by atoms with Crippen molar-refractivity contribution in [3.8, 4) is 5.88 Å². The van der Waals surface area contributed by atoms with Gasteiger partial charge in [0, 0.05) is 0 Å². The van der Waals surface area contributed by atoms with Gasteiger partial charge in [0.15, 0.2) is 11.2 Å². The van der Waals surface area contributed by atoms with E-state index in [0.717, 1.165) is 12.0 Å². The van der Waals surface area contributed by atoms with Crippen LogP contribution in [-0.2, 0) is 13.0 Å². The van der Waals surface area contributed by atoms with Crippen LogP contribution in [0.2, 0.25) is 0 Å². The second kappa shape index (κ2) is 5.06. The number of hydrogen-bond donors (Lipinski definition) is 1. The van der Waals surface area contributed by atoms with Crippen LogP contribution in [0.5, 0.6) is 5.88 Å². The Morgan fingerprint density at radius 2 is 1.84 bits per heavy atom. The number of imidazole rings is 1. The fraction of sp³-hybridized carbons (Fsp3) is 0.214. The molecule has 0 bridgehead atoms. The number of fused-ring (bicyclic) bond motifs is 1. The number of H-pyrrole nitrogens is 1. The second-order valence-corrected chi connectivity index (χ2v) is 4.24. The zero-order valence-corrected chi connectivity index (χ0v) is 10.6. The highest BCUT2D eigenvalue weighted by molar-refractivity contribution is 5.74. The van der Waals surface area contributed by atoms with E-state index in [0.29, 0.717) is 23.7 Å². The first-order valence-electron chi connectivity index (χ1n) is 6.21. The Morgan fingerprint density at radius 1 is 1.05 bits per heavy atom. The summed E-state index contributed by atoms with van der Waals surface area (Å²) in [5.74, 6) is 0.505. The maximum Gasteiger partial charge on any atom is 0.245 e. The number of rotatable bonds is 4. The molecule has 0 spiro atoms. The minimum Gasteiger partial charge on any atom is -0.471 e. The fourth-order valence-corrected chi connectivity index (χ4v) is 1.87. The summed E-state index contributed by atoms with van der Waals surface area (Å²) in [6.07, 6.45) is 4.10. The van der Waals surface area contributed by atoms with E-state index in [9.17, 15) is 0 Å². The monoisotopic (exact) mass is 254 g/mol. The first kappa shape index (κ1) is 11.6. The van der Waals surface area contributed by atoms with Crippen molar-refractivity contribution in [2.75, 3.05) is 0 Å². The van der Waals surface area contributed by atoms with E-state index in [1.165, 1.54) is 11.9 Å². The maximum atomic E-state index is 5.70. The Morgan fingerprint density at radius 3 is 2.63 bits per heavy atom. The van der Waals surface area contributed by atoms with E-state index in [1.807, 2.05) is 0 Å². The Kier molecular flexibility index (Phi) is 3.10. The molecule has 0 unspecified atom stereocenters. The Hall–Kier alpha value is -2.43. The molecular weight excluding hydrogens is 240 g/mol. The van der Waals surface area contributed by atoms with Crippen LogP contribution in [0.3, 0.4) is 0 Å². The molecule has 0 fully saturated rings. The van der Waals surface area contributed by atoms with Gasteiger partial charge in [-0.15, -0.1) is 0 Å². The zero-order chi connectivity index (χ0) is 13.1. The summed E-state index contributed by atoms with van der Waals surface area (Å²) in [6.45, 7) is 2.61. The highest BCUT2D eigenvalue weighted by atomic mass is 16.5. The Labute approximate surface area is 110 Å². The first-order chi connectivity index (χ1) is 9.36. The van der Waals surface area contributed by atoms with Crippen LogP contribution in [0, 0.1) is 0 Å². The summed E-state index contributed by atoms with van der Waals surface area (Å²) < 4.78 is 5.70.